The molecule has 2 N–H and O–H groups in total. The van der Waals surface area contributed by atoms with Gasteiger partial charge in [0.15, 0.2) is 0 Å². The average molecular weight is 211 g/mol. The average Bonchev–Trinajstić information content (AvgIpc) is 2.58. The highest BCUT2D eigenvalue weighted by atomic mass is 16.3. The molecule has 0 aromatic carbocycles. The maximum Gasteiger partial charge on any atom is 0.343 e. The molecule has 84 valence electrons. The molecule has 0 spiro atoms. The van der Waals surface area contributed by atoms with Gasteiger partial charge in [-0.3, -0.25) is 4.57 Å². The molecule has 1 saturated carbocycles. The van der Waals surface area contributed by atoms with Crippen LogP contribution in [0.1, 0.15) is 32.6 Å². The molecular formula is C10H17N3O2. The van der Waals surface area contributed by atoms with Crippen molar-refractivity contribution in [3.05, 3.63) is 16.8 Å². The molecule has 0 aliphatic heterocycles. The summed E-state index contributed by atoms with van der Waals surface area (Å²) in [6.07, 6.45) is 5.04. The van der Waals surface area contributed by atoms with Gasteiger partial charge in [0.25, 0.3) is 0 Å². The van der Waals surface area contributed by atoms with Gasteiger partial charge in [-0.1, -0.05) is 6.92 Å². The van der Waals surface area contributed by atoms with Crippen LogP contribution in [0, 0.1) is 5.92 Å². The lowest BCUT2D eigenvalue weighted by atomic mass is 9.79. The van der Waals surface area contributed by atoms with Crippen LogP contribution in [0.15, 0.2) is 11.1 Å². The first-order valence-electron chi connectivity index (χ1n) is 5.41. The Hall–Kier alpha value is -1.10. The van der Waals surface area contributed by atoms with Gasteiger partial charge in [0.05, 0.1) is 12.1 Å². The van der Waals surface area contributed by atoms with Crippen molar-refractivity contribution in [1.82, 2.24) is 14.8 Å². The monoisotopic (exact) mass is 211 g/mol. The molecule has 0 atom stereocenters. The van der Waals surface area contributed by atoms with E-state index in [4.69, 9.17) is 0 Å². The van der Waals surface area contributed by atoms with Crippen molar-refractivity contribution in [3.63, 3.8) is 0 Å². The van der Waals surface area contributed by atoms with Gasteiger partial charge in [0, 0.05) is 0 Å². The first-order valence-corrected chi connectivity index (χ1v) is 5.41. The van der Waals surface area contributed by atoms with Crippen LogP contribution in [-0.2, 0) is 6.54 Å². The van der Waals surface area contributed by atoms with Crippen LogP contribution in [0.25, 0.3) is 0 Å². The zero-order valence-electron chi connectivity index (χ0n) is 8.94. The fraction of sp³-hybridized carbons (Fsp3) is 0.800. The Balaban J connectivity index is 2.05. The minimum atomic E-state index is -0.722. The predicted octanol–water partition coefficient (Wildman–Crippen LogP) is 0.513. The van der Waals surface area contributed by atoms with Gasteiger partial charge in [-0.05, 0) is 31.6 Å². The van der Waals surface area contributed by atoms with Crippen molar-refractivity contribution >= 4 is 0 Å². The van der Waals surface area contributed by atoms with Crippen LogP contribution in [0.2, 0.25) is 0 Å². The minimum absolute atomic E-state index is 0.248. The van der Waals surface area contributed by atoms with Gasteiger partial charge in [0.2, 0.25) is 0 Å². The third kappa shape index (κ3) is 2.28. The lowest BCUT2D eigenvalue weighted by Crippen LogP contribution is -2.40. The van der Waals surface area contributed by atoms with E-state index < -0.39 is 5.60 Å². The lowest BCUT2D eigenvalue weighted by Gasteiger charge is -2.34. The van der Waals surface area contributed by atoms with Crippen LogP contribution in [0.4, 0.5) is 0 Å². The van der Waals surface area contributed by atoms with Gasteiger partial charge in [-0.15, -0.1) is 0 Å². The van der Waals surface area contributed by atoms with Crippen molar-refractivity contribution in [1.29, 1.82) is 0 Å². The molecule has 0 radical (unpaired) electrons. The quantitative estimate of drug-likeness (QED) is 0.749. The number of H-pyrrole nitrogens is 1. The molecule has 1 fully saturated rings. The van der Waals surface area contributed by atoms with Gasteiger partial charge in [-0.25, -0.2) is 9.89 Å². The van der Waals surface area contributed by atoms with Crippen molar-refractivity contribution in [2.45, 2.75) is 44.8 Å². The zero-order valence-corrected chi connectivity index (χ0v) is 8.94. The molecule has 1 aliphatic rings. The van der Waals surface area contributed by atoms with Crippen LogP contribution < -0.4 is 5.69 Å². The number of aromatic nitrogens is 3. The van der Waals surface area contributed by atoms with E-state index >= 15 is 0 Å². The van der Waals surface area contributed by atoms with E-state index in [1.807, 2.05) is 0 Å². The summed E-state index contributed by atoms with van der Waals surface area (Å²) in [7, 11) is 0. The molecule has 5 heteroatoms. The fourth-order valence-corrected chi connectivity index (χ4v) is 2.16. The topological polar surface area (TPSA) is 70.9 Å². The first kappa shape index (κ1) is 10.4. The Morgan fingerprint density at radius 1 is 1.67 bits per heavy atom. The van der Waals surface area contributed by atoms with Gasteiger partial charge in [-0.2, -0.15) is 5.10 Å². The van der Waals surface area contributed by atoms with Crippen molar-refractivity contribution in [2.75, 3.05) is 0 Å². The van der Waals surface area contributed by atoms with Crippen LogP contribution >= 0.6 is 0 Å². The molecule has 1 aliphatic carbocycles. The SMILES string of the molecule is CC1CCC(O)(Cn2cn[nH]c2=O)CC1. The van der Waals surface area contributed by atoms with E-state index in [0.29, 0.717) is 12.5 Å². The van der Waals surface area contributed by atoms with Crippen LogP contribution in [0.3, 0.4) is 0 Å². The maximum atomic E-state index is 11.2. The largest absolute Gasteiger partial charge is 0.388 e. The number of hydrogen-bond donors (Lipinski definition) is 2. The van der Waals surface area contributed by atoms with Gasteiger partial charge >= 0.3 is 5.69 Å². The van der Waals surface area contributed by atoms with E-state index in [9.17, 15) is 9.90 Å². The molecule has 15 heavy (non-hydrogen) atoms. The number of aromatic amines is 1. The van der Waals surface area contributed by atoms with Crippen molar-refractivity contribution in [2.24, 2.45) is 5.92 Å². The Bertz CT molecular complexity index is 374. The lowest BCUT2D eigenvalue weighted by molar-refractivity contribution is -0.0224. The molecule has 1 heterocycles. The highest BCUT2D eigenvalue weighted by Gasteiger charge is 2.32. The zero-order chi connectivity index (χ0) is 10.9. The smallest absolute Gasteiger partial charge is 0.343 e. The second kappa shape index (κ2) is 3.81. The third-order valence-corrected chi connectivity index (χ3v) is 3.29. The molecule has 0 bridgehead atoms. The van der Waals surface area contributed by atoms with E-state index in [-0.39, 0.29) is 5.69 Å². The number of nitrogens with one attached hydrogen (secondary N) is 1. The standard InChI is InChI=1S/C10H17N3O2/c1-8-2-4-10(15,5-3-8)6-13-7-11-12-9(13)14/h7-8,15H,2-6H2,1H3,(H,12,14). The predicted molar refractivity (Wildman–Crippen MR) is 55.4 cm³/mol. The van der Waals surface area contributed by atoms with Crippen molar-refractivity contribution < 1.29 is 5.11 Å². The van der Waals surface area contributed by atoms with Crippen LogP contribution in [-0.4, -0.2) is 25.5 Å². The highest BCUT2D eigenvalue weighted by Crippen LogP contribution is 2.32. The summed E-state index contributed by atoms with van der Waals surface area (Å²) in [5, 5.41) is 16.3. The normalized spacial score (nSPS) is 31.7. The second-order valence-corrected chi connectivity index (χ2v) is 4.70. The van der Waals surface area contributed by atoms with E-state index in [1.165, 1.54) is 10.9 Å². The summed E-state index contributed by atoms with van der Waals surface area (Å²) < 4.78 is 1.44. The number of aliphatic hydroxyl groups is 1. The van der Waals surface area contributed by atoms with Crippen LogP contribution in [0.5, 0.6) is 0 Å². The number of rotatable bonds is 2. The number of hydrogen-bond acceptors (Lipinski definition) is 3. The Kier molecular flexibility index (Phi) is 2.65. The summed E-state index contributed by atoms with van der Waals surface area (Å²) in [5.41, 5.74) is -0.970. The number of nitrogens with zero attached hydrogens (tertiary/aromatic N) is 2. The van der Waals surface area contributed by atoms with Gasteiger partial charge < -0.3 is 5.11 Å². The Morgan fingerprint density at radius 2 is 2.33 bits per heavy atom. The first-order chi connectivity index (χ1) is 7.09. The minimum Gasteiger partial charge on any atom is -0.388 e. The summed E-state index contributed by atoms with van der Waals surface area (Å²) in [6.45, 7) is 2.55. The highest BCUT2D eigenvalue weighted by molar-refractivity contribution is 4.85. The van der Waals surface area contributed by atoms with E-state index in [2.05, 4.69) is 17.1 Å². The molecule has 1 aromatic rings. The van der Waals surface area contributed by atoms with Gasteiger partial charge in [0.1, 0.15) is 6.33 Å². The molecule has 0 unspecified atom stereocenters. The molecular weight excluding hydrogens is 194 g/mol. The summed E-state index contributed by atoms with van der Waals surface area (Å²) in [6, 6.07) is 0. The summed E-state index contributed by atoms with van der Waals surface area (Å²) in [5.74, 6) is 0.686. The third-order valence-electron chi connectivity index (χ3n) is 3.29. The van der Waals surface area contributed by atoms with E-state index in [0.717, 1.165) is 25.7 Å². The molecule has 1 aromatic heterocycles. The molecule has 2 rings (SSSR count). The fourth-order valence-electron chi connectivity index (χ4n) is 2.16. The second-order valence-electron chi connectivity index (χ2n) is 4.70. The Labute approximate surface area is 88.1 Å². The van der Waals surface area contributed by atoms with E-state index in [1.54, 1.807) is 0 Å². The molecule has 0 saturated heterocycles. The molecule has 0 amide bonds. The summed E-state index contributed by atoms with van der Waals surface area (Å²) >= 11 is 0. The molecule has 5 nitrogen and oxygen atoms in total. The summed E-state index contributed by atoms with van der Waals surface area (Å²) in [4.78, 5) is 11.2. The van der Waals surface area contributed by atoms with Crippen molar-refractivity contribution in [3.8, 4) is 0 Å². The Morgan fingerprint density at radius 3 is 2.87 bits per heavy atom. The maximum absolute atomic E-state index is 11.2.